The van der Waals surface area contributed by atoms with Crippen molar-refractivity contribution in [1.29, 1.82) is 0 Å². The minimum Gasteiger partial charge on any atom is -0.492 e. The zero-order valence-corrected chi connectivity index (χ0v) is 18.9. The smallest absolute Gasteiger partial charge is 0.264 e. The molecule has 0 radical (unpaired) electrons. The summed E-state index contributed by atoms with van der Waals surface area (Å²) in [4.78, 5) is 12.7. The van der Waals surface area contributed by atoms with E-state index in [1.807, 2.05) is 0 Å². The first kappa shape index (κ1) is 23.6. The number of benzene rings is 3. The molecule has 0 fully saturated rings. The van der Waals surface area contributed by atoms with Gasteiger partial charge in [-0.2, -0.15) is 0 Å². The SMILES string of the molecule is Cc1ccc(Cl)cc1N(CC(=O)NCCOc1ccc(F)cc1)S(=O)(=O)c1ccccc1. The minimum absolute atomic E-state index is 0.0619. The van der Waals surface area contributed by atoms with Crippen molar-refractivity contribution < 1.29 is 22.3 Å². The van der Waals surface area contributed by atoms with Gasteiger partial charge in [-0.05, 0) is 61.0 Å². The van der Waals surface area contributed by atoms with E-state index in [-0.39, 0.29) is 23.9 Å². The normalized spacial score (nSPS) is 11.1. The maximum atomic E-state index is 13.3. The number of anilines is 1. The van der Waals surface area contributed by atoms with Crippen LogP contribution in [0.25, 0.3) is 0 Å². The van der Waals surface area contributed by atoms with Crippen molar-refractivity contribution in [2.45, 2.75) is 11.8 Å². The summed E-state index contributed by atoms with van der Waals surface area (Å²) in [6.07, 6.45) is 0. The van der Waals surface area contributed by atoms with Crippen LogP contribution in [0.5, 0.6) is 5.75 Å². The van der Waals surface area contributed by atoms with E-state index in [4.69, 9.17) is 16.3 Å². The molecule has 0 aromatic heterocycles. The first-order valence-electron chi connectivity index (χ1n) is 9.76. The lowest BCUT2D eigenvalue weighted by molar-refractivity contribution is -0.119. The molecule has 0 aliphatic rings. The minimum atomic E-state index is -4.02. The Morgan fingerprint density at radius 1 is 1.06 bits per heavy atom. The number of hydrogen-bond donors (Lipinski definition) is 1. The van der Waals surface area contributed by atoms with Gasteiger partial charge in [0.2, 0.25) is 5.91 Å². The second-order valence-electron chi connectivity index (χ2n) is 6.91. The standard InChI is InChI=1S/C23H22ClFN2O4S/c1-17-7-8-18(24)15-22(17)27(32(29,30)21-5-3-2-4-6-21)16-23(28)26-13-14-31-20-11-9-19(25)10-12-20/h2-12,15H,13-14,16H2,1H3,(H,26,28). The number of sulfonamides is 1. The summed E-state index contributed by atoms with van der Waals surface area (Å²) >= 11 is 6.10. The second kappa shape index (κ2) is 10.5. The second-order valence-corrected chi connectivity index (χ2v) is 9.21. The molecule has 0 saturated heterocycles. The third-order valence-electron chi connectivity index (χ3n) is 4.56. The molecule has 0 aliphatic carbocycles. The molecular weight excluding hydrogens is 455 g/mol. The van der Waals surface area contributed by atoms with Gasteiger partial charge in [0, 0.05) is 5.02 Å². The van der Waals surface area contributed by atoms with E-state index in [1.54, 1.807) is 37.3 Å². The van der Waals surface area contributed by atoms with Gasteiger partial charge in [-0.25, -0.2) is 12.8 Å². The largest absolute Gasteiger partial charge is 0.492 e. The van der Waals surface area contributed by atoms with E-state index in [9.17, 15) is 17.6 Å². The molecular formula is C23H22ClFN2O4S. The van der Waals surface area contributed by atoms with Crippen molar-refractivity contribution in [3.05, 3.63) is 89.2 Å². The Morgan fingerprint density at radius 2 is 1.75 bits per heavy atom. The molecule has 0 bridgehead atoms. The first-order chi connectivity index (χ1) is 15.3. The van der Waals surface area contributed by atoms with Crippen molar-refractivity contribution in [2.24, 2.45) is 0 Å². The summed E-state index contributed by atoms with van der Waals surface area (Å²) in [6.45, 7) is 1.59. The highest BCUT2D eigenvalue weighted by atomic mass is 35.5. The maximum Gasteiger partial charge on any atom is 0.264 e. The van der Waals surface area contributed by atoms with Crippen LogP contribution in [0.15, 0.2) is 77.7 Å². The number of hydrogen-bond acceptors (Lipinski definition) is 4. The van der Waals surface area contributed by atoms with Crippen molar-refractivity contribution in [3.8, 4) is 5.75 Å². The van der Waals surface area contributed by atoms with Crippen LogP contribution in [0.1, 0.15) is 5.56 Å². The van der Waals surface area contributed by atoms with Crippen molar-refractivity contribution >= 4 is 33.2 Å². The predicted molar refractivity (Wildman–Crippen MR) is 122 cm³/mol. The highest BCUT2D eigenvalue weighted by Gasteiger charge is 2.28. The van der Waals surface area contributed by atoms with Gasteiger partial charge >= 0.3 is 0 Å². The van der Waals surface area contributed by atoms with Gasteiger partial charge in [-0.3, -0.25) is 9.10 Å². The van der Waals surface area contributed by atoms with Gasteiger partial charge in [0.25, 0.3) is 10.0 Å². The molecule has 0 spiro atoms. The van der Waals surface area contributed by atoms with Crippen molar-refractivity contribution in [2.75, 3.05) is 24.0 Å². The first-order valence-corrected chi connectivity index (χ1v) is 11.6. The van der Waals surface area contributed by atoms with E-state index in [0.29, 0.717) is 22.0 Å². The number of nitrogens with one attached hydrogen (secondary N) is 1. The van der Waals surface area contributed by atoms with E-state index in [1.165, 1.54) is 42.5 Å². The zero-order valence-electron chi connectivity index (χ0n) is 17.3. The lowest BCUT2D eigenvalue weighted by Gasteiger charge is -2.25. The summed E-state index contributed by atoms with van der Waals surface area (Å²) in [5.41, 5.74) is 0.973. The number of halogens is 2. The molecule has 0 unspecified atom stereocenters. The van der Waals surface area contributed by atoms with Crippen molar-refractivity contribution in [3.63, 3.8) is 0 Å². The Labute approximate surface area is 191 Å². The lowest BCUT2D eigenvalue weighted by atomic mass is 10.2. The number of amides is 1. The van der Waals surface area contributed by atoms with E-state index < -0.39 is 22.5 Å². The summed E-state index contributed by atoms with van der Waals surface area (Å²) in [5.74, 6) is -0.420. The topological polar surface area (TPSA) is 75.7 Å². The average molecular weight is 477 g/mol. The quantitative estimate of drug-likeness (QED) is 0.470. The van der Waals surface area contributed by atoms with E-state index >= 15 is 0 Å². The van der Waals surface area contributed by atoms with Gasteiger partial charge in [0.15, 0.2) is 0 Å². The molecule has 3 rings (SSSR count). The number of carbonyl (C=O) groups excluding carboxylic acids is 1. The summed E-state index contributed by atoms with van der Waals surface area (Å²) in [5, 5.41) is 3.00. The third kappa shape index (κ3) is 5.99. The number of ether oxygens (including phenoxy) is 1. The number of carbonyl (C=O) groups is 1. The molecule has 0 atom stereocenters. The third-order valence-corrected chi connectivity index (χ3v) is 6.57. The lowest BCUT2D eigenvalue weighted by Crippen LogP contribution is -2.42. The Kier molecular flexibility index (Phi) is 7.71. The molecule has 0 saturated carbocycles. The van der Waals surface area contributed by atoms with Crippen LogP contribution in [-0.2, 0) is 14.8 Å². The van der Waals surface area contributed by atoms with E-state index in [0.717, 1.165) is 4.31 Å². The molecule has 1 N–H and O–H groups in total. The number of rotatable bonds is 9. The molecule has 1 amide bonds. The van der Waals surface area contributed by atoms with Crippen LogP contribution >= 0.6 is 11.6 Å². The monoisotopic (exact) mass is 476 g/mol. The molecule has 9 heteroatoms. The molecule has 0 heterocycles. The molecule has 3 aromatic rings. The average Bonchev–Trinajstić information content (AvgIpc) is 2.78. The summed E-state index contributed by atoms with van der Waals surface area (Å²) < 4.78 is 46.1. The molecule has 3 aromatic carbocycles. The highest BCUT2D eigenvalue weighted by Crippen LogP contribution is 2.29. The van der Waals surface area contributed by atoms with Gasteiger partial charge in [-0.1, -0.05) is 35.9 Å². The van der Waals surface area contributed by atoms with Gasteiger partial charge in [-0.15, -0.1) is 0 Å². The van der Waals surface area contributed by atoms with Crippen LogP contribution in [0, 0.1) is 12.7 Å². The van der Waals surface area contributed by atoms with Crippen LogP contribution < -0.4 is 14.4 Å². The van der Waals surface area contributed by atoms with Crippen molar-refractivity contribution in [1.82, 2.24) is 5.32 Å². The van der Waals surface area contributed by atoms with Gasteiger partial charge in [0.05, 0.1) is 17.1 Å². The van der Waals surface area contributed by atoms with Crippen LogP contribution in [-0.4, -0.2) is 34.0 Å². The highest BCUT2D eigenvalue weighted by molar-refractivity contribution is 7.92. The Morgan fingerprint density at radius 3 is 2.44 bits per heavy atom. The maximum absolute atomic E-state index is 13.3. The Balaban J connectivity index is 1.73. The van der Waals surface area contributed by atoms with Crippen LogP contribution in [0.3, 0.4) is 0 Å². The van der Waals surface area contributed by atoms with E-state index in [2.05, 4.69) is 5.32 Å². The van der Waals surface area contributed by atoms with Gasteiger partial charge < -0.3 is 10.1 Å². The Bertz CT molecular complexity index is 1170. The molecule has 6 nitrogen and oxygen atoms in total. The predicted octanol–water partition coefficient (Wildman–Crippen LogP) is 4.18. The number of nitrogens with zero attached hydrogens (tertiary/aromatic N) is 1. The molecule has 0 aliphatic heterocycles. The van der Waals surface area contributed by atoms with Crippen LogP contribution in [0.4, 0.5) is 10.1 Å². The fourth-order valence-corrected chi connectivity index (χ4v) is 4.61. The molecule has 32 heavy (non-hydrogen) atoms. The molecule has 168 valence electrons. The number of aryl methyl sites for hydroxylation is 1. The fraction of sp³-hybridized carbons (Fsp3) is 0.174. The summed E-state index contributed by atoms with van der Waals surface area (Å²) in [7, 11) is -4.02. The zero-order chi connectivity index (χ0) is 23.1. The van der Waals surface area contributed by atoms with Gasteiger partial charge in [0.1, 0.15) is 24.7 Å². The van der Waals surface area contributed by atoms with Crippen LogP contribution in [0.2, 0.25) is 5.02 Å². The summed E-state index contributed by atoms with van der Waals surface area (Å²) in [6, 6.07) is 18.2. The fourth-order valence-electron chi connectivity index (χ4n) is 2.95. The Hall–Kier alpha value is -3.10.